The number of imide groups is 1. The number of nitrogens with one attached hydrogen (secondary N) is 1. The van der Waals surface area contributed by atoms with Gasteiger partial charge in [-0.1, -0.05) is 11.8 Å². The molecule has 1 aromatic rings. The van der Waals surface area contributed by atoms with Gasteiger partial charge in [0.25, 0.3) is 5.91 Å². The second-order valence-electron chi connectivity index (χ2n) is 8.87. The van der Waals surface area contributed by atoms with Gasteiger partial charge in [0.15, 0.2) is 0 Å². The zero-order valence-electron chi connectivity index (χ0n) is 18.2. The average molecular weight is 424 g/mol. The van der Waals surface area contributed by atoms with Crippen LogP contribution < -0.4 is 5.32 Å². The second kappa shape index (κ2) is 9.34. The van der Waals surface area contributed by atoms with Crippen LogP contribution in [0.5, 0.6) is 0 Å². The normalized spacial score (nSPS) is 18.2. The van der Waals surface area contributed by atoms with Gasteiger partial charge in [-0.15, -0.1) is 0 Å². The molecule has 1 unspecified atom stereocenters. The minimum absolute atomic E-state index is 0.189. The number of amides is 3. The molecule has 1 aromatic carbocycles. The number of carbonyl (C=O) groups is 4. The van der Waals surface area contributed by atoms with E-state index in [1.807, 2.05) is 26.8 Å². The lowest BCUT2D eigenvalue weighted by molar-refractivity contribution is -0.155. The van der Waals surface area contributed by atoms with E-state index in [0.717, 1.165) is 24.0 Å². The van der Waals surface area contributed by atoms with Crippen molar-refractivity contribution >= 4 is 23.7 Å². The molecule has 7 nitrogen and oxygen atoms in total. The molecule has 3 amide bonds. The van der Waals surface area contributed by atoms with Crippen molar-refractivity contribution in [3.05, 3.63) is 34.9 Å². The lowest BCUT2D eigenvalue weighted by atomic mass is 10.0. The summed E-state index contributed by atoms with van der Waals surface area (Å²) in [7, 11) is 0. The van der Waals surface area contributed by atoms with Crippen LogP contribution in [0.25, 0.3) is 0 Å². The standard InChI is InChI=1S/C24H28N2O5/c1-24(2,3)31-21(28)9-7-5-4-6-8-16-10-11-18-17(14-16)15-26(23(18)30)19-12-13-20(27)25-22(19)29/h10-11,14,19H,4-5,7,9,12-13,15H2,1-3H3,(H,25,27,29). The van der Waals surface area contributed by atoms with Crippen LogP contribution >= 0.6 is 0 Å². The number of esters is 1. The summed E-state index contributed by atoms with van der Waals surface area (Å²) in [6.45, 7) is 5.89. The van der Waals surface area contributed by atoms with Gasteiger partial charge in [0.05, 0.1) is 0 Å². The van der Waals surface area contributed by atoms with E-state index < -0.39 is 17.6 Å². The Kier molecular flexibility index (Phi) is 6.79. The molecule has 1 fully saturated rings. The van der Waals surface area contributed by atoms with Gasteiger partial charge in [-0.05, 0) is 63.8 Å². The molecule has 0 aromatic heterocycles. The first kappa shape index (κ1) is 22.5. The topological polar surface area (TPSA) is 92.8 Å². The molecule has 1 saturated heterocycles. The highest BCUT2D eigenvalue weighted by Crippen LogP contribution is 2.28. The van der Waals surface area contributed by atoms with Gasteiger partial charge < -0.3 is 9.64 Å². The van der Waals surface area contributed by atoms with Crippen LogP contribution in [0, 0.1) is 11.8 Å². The molecular weight excluding hydrogens is 396 g/mol. The molecule has 3 rings (SSSR count). The van der Waals surface area contributed by atoms with Crippen LogP contribution in [0.15, 0.2) is 18.2 Å². The Morgan fingerprint density at radius 1 is 1.23 bits per heavy atom. The molecule has 1 atom stereocenters. The number of carbonyl (C=O) groups excluding carboxylic acids is 4. The second-order valence-corrected chi connectivity index (χ2v) is 8.87. The molecule has 164 valence electrons. The van der Waals surface area contributed by atoms with Crippen molar-refractivity contribution in [1.29, 1.82) is 0 Å². The van der Waals surface area contributed by atoms with Crippen LogP contribution in [0.4, 0.5) is 0 Å². The fourth-order valence-electron chi connectivity index (χ4n) is 3.69. The number of ether oxygens (including phenoxy) is 1. The lowest BCUT2D eigenvalue weighted by Crippen LogP contribution is -2.52. The van der Waals surface area contributed by atoms with Gasteiger partial charge in [-0.2, -0.15) is 0 Å². The Morgan fingerprint density at radius 3 is 2.71 bits per heavy atom. The number of hydrogen-bond acceptors (Lipinski definition) is 5. The van der Waals surface area contributed by atoms with Crippen molar-refractivity contribution in [2.75, 3.05) is 0 Å². The maximum atomic E-state index is 12.7. The van der Waals surface area contributed by atoms with E-state index in [1.165, 1.54) is 4.90 Å². The Balaban J connectivity index is 1.51. The minimum Gasteiger partial charge on any atom is -0.460 e. The largest absolute Gasteiger partial charge is 0.460 e. The number of unbranched alkanes of at least 4 members (excludes halogenated alkanes) is 2. The minimum atomic E-state index is -0.614. The van der Waals surface area contributed by atoms with Gasteiger partial charge >= 0.3 is 5.97 Å². The van der Waals surface area contributed by atoms with Gasteiger partial charge in [0, 0.05) is 36.9 Å². The molecule has 0 saturated carbocycles. The summed E-state index contributed by atoms with van der Waals surface area (Å²) < 4.78 is 5.28. The van der Waals surface area contributed by atoms with E-state index in [-0.39, 0.29) is 24.2 Å². The van der Waals surface area contributed by atoms with E-state index >= 15 is 0 Å². The van der Waals surface area contributed by atoms with E-state index in [9.17, 15) is 19.2 Å². The van der Waals surface area contributed by atoms with E-state index in [4.69, 9.17) is 4.74 Å². The summed E-state index contributed by atoms with van der Waals surface area (Å²) >= 11 is 0. The number of fused-ring (bicyclic) bond motifs is 1. The predicted molar refractivity (Wildman–Crippen MR) is 114 cm³/mol. The summed E-state index contributed by atoms with van der Waals surface area (Å²) in [6.07, 6.45) is 3.17. The van der Waals surface area contributed by atoms with Crippen molar-refractivity contribution in [3.8, 4) is 11.8 Å². The van der Waals surface area contributed by atoms with Crippen LogP contribution in [0.2, 0.25) is 0 Å². The van der Waals surface area contributed by atoms with Crippen molar-refractivity contribution < 1.29 is 23.9 Å². The third kappa shape index (κ3) is 5.94. The first-order chi connectivity index (χ1) is 14.6. The monoisotopic (exact) mass is 424 g/mol. The summed E-state index contributed by atoms with van der Waals surface area (Å²) in [5.74, 6) is 5.13. The van der Waals surface area contributed by atoms with Crippen molar-refractivity contribution in [2.24, 2.45) is 0 Å². The first-order valence-electron chi connectivity index (χ1n) is 10.6. The van der Waals surface area contributed by atoms with Gasteiger partial charge in [-0.25, -0.2) is 0 Å². The molecule has 7 heteroatoms. The quantitative estimate of drug-likeness (QED) is 0.340. The third-order valence-electron chi connectivity index (χ3n) is 5.11. The molecule has 0 bridgehead atoms. The van der Waals surface area contributed by atoms with Gasteiger partial charge in [-0.3, -0.25) is 24.5 Å². The van der Waals surface area contributed by atoms with E-state index in [1.54, 1.807) is 12.1 Å². The molecule has 31 heavy (non-hydrogen) atoms. The van der Waals surface area contributed by atoms with E-state index in [0.29, 0.717) is 31.4 Å². The summed E-state index contributed by atoms with van der Waals surface area (Å²) in [4.78, 5) is 49.4. The summed E-state index contributed by atoms with van der Waals surface area (Å²) in [5.41, 5.74) is 1.77. The highest BCUT2D eigenvalue weighted by molar-refractivity contribution is 6.05. The zero-order valence-corrected chi connectivity index (χ0v) is 18.2. The fraction of sp³-hybridized carbons (Fsp3) is 0.500. The Morgan fingerprint density at radius 2 is 2.00 bits per heavy atom. The van der Waals surface area contributed by atoms with Crippen LogP contribution in [-0.2, 0) is 25.7 Å². The number of rotatable bonds is 5. The van der Waals surface area contributed by atoms with Crippen molar-refractivity contribution in [1.82, 2.24) is 10.2 Å². The maximum absolute atomic E-state index is 12.7. The summed E-state index contributed by atoms with van der Waals surface area (Å²) in [6, 6.07) is 4.82. The smallest absolute Gasteiger partial charge is 0.306 e. The number of nitrogens with zero attached hydrogens (tertiary/aromatic N) is 1. The Bertz CT molecular complexity index is 964. The third-order valence-corrected chi connectivity index (χ3v) is 5.11. The zero-order chi connectivity index (χ0) is 22.6. The highest BCUT2D eigenvalue weighted by Gasteiger charge is 2.38. The molecule has 0 aliphatic carbocycles. The highest BCUT2D eigenvalue weighted by atomic mass is 16.6. The molecule has 2 aliphatic rings. The summed E-state index contributed by atoms with van der Waals surface area (Å²) in [5, 5.41) is 2.30. The molecule has 0 radical (unpaired) electrons. The van der Waals surface area contributed by atoms with Crippen molar-refractivity contribution in [2.45, 2.75) is 77.5 Å². The molecule has 0 spiro atoms. The average Bonchev–Trinajstić information content (AvgIpc) is 2.99. The fourth-order valence-corrected chi connectivity index (χ4v) is 3.69. The van der Waals surface area contributed by atoms with Gasteiger partial charge in [0.1, 0.15) is 11.6 Å². The molecule has 2 aliphatic heterocycles. The number of benzene rings is 1. The van der Waals surface area contributed by atoms with E-state index in [2.05, 4.69) is 17.2 Å². The van der Waals surface area contributed by atoms with Gasteiger partial charge in [0.2, 0.25) is 11.8 Å². The lowest BCUT2D eigenvalue weighted by Gasteiger charge is -2.29. The SMILES string of the molecule is CC(C)(C)OC(=O)CCCCC#Cc1ccc2c(c1)CN(C1CCC(=O)NC1=O)C2=O. The Hall–Kier alpha value is -3.14. The molecule has 1 N–H and O–H groups in total. The molecular formula is C24H28N2O5. The first-order valence-corrected chi connectivity index (χ1v) is 10.6. The maximum Gasteiger partial charge on any atom is 0.306 e. The van der Waals surface area contributed by atoms with Crippen LogP contribution in [-0.4, -0.2) is 40.2 Å². The van der Waals surface area contributed by atoms with Crippen molar-refractivity contribution in [3.63, 3.8) is 0 Å². The van der Waals surface area contributed by atoms with Crippen LogP contribution in [0.3, 0.4) is 0 Å². The number of hydrogen-bond donors (Lipinski definition) is 1. The Labute approximate surface area is 182 Å². The molecule has 2 heterocycles. The number of piperidine rings is 1. The predicted octanol–water partition coefficient (Wildman–Crippen LogP) is 2.70. The van der Waals surface area contributed by atoms with Crippen LogP contribution in [0.1, 0.15) is 80.8 Å².